The molecule has 4 rings (SSSR count). The van der Waals surface area contributed by atoms with Crippen LogP contribution in [-0.4, -0.2) is 5.11 Å². The third-order valence-corrected chi connectivity index (χ3v) is 4.12. The van der Waals surface area contributed by atoms with Gasteiger partial charge in [-0.3, -0.25) is 0 Å². The van der Waals surface area contributed by atoms with E-state index in [-0.39, 0.29) is 0 Å². The highest BCUT2D eigenvalue weighted by Crippen LogP contribution is 2.41. The Hall–Kier alpha value is -2.28. The fourth-order valence-corrected chi connectivity index (χ4v) is 3.24. The van der Waals surface area contributed by atoms with Gasteiger partial charge >= 0.3 is 0 Å². The van der Waals surface area contributed by atoms with Crippen LogP contribution in [0.4, 0.5) is 0 Å². The first kappa shape index (κ1) is 10.6. The SMILES string of the molecule is Oc1ccc([C@@H]2Cc3cccc4cccc2c34)cc1. The number of phenols is 1. The molecule has 0 saturated heterocycles. The number of rotatable bonds is 1. The predicted octanol–water partition coefficient (Wildman–Crippen LogP) is 4.23. The van der Waals surface area contributed by atoms with Crippen LogP contribution < -0.4 is 0 Å². The molecule has 92 valence electrons. The summed E-state index contributed by atoms with van der Waals surface area (Å²) in [6.45, 7) is 0. The van der Waals surface area contributed by atoms with E-state index in [9.17, 15) is 5.11 Å². The Bertz CT molecular complexity index is 751. The molecule has 0 unspecified atom stereocenters. The number of benzene rings is 3. The van der Waals surface area contributed by atoms with Gasteiger partial charge in [0.1, 0.15) is 5.75 Å². The van der Waals surface area contributed by atoms with E-state index >= 15 is 0 Å². The van der Waals surface area contributed by atoms with Gasteiger partial charge in [0.25, 0.3) is 0 Å². The molecule has 0 aromatic heterocycles. The Morgan fingerprint density at radius 1 is 0.842 bits per heavy atom. The highest BCUT2D eigenvalue weighted by Gasteiger charge is 2.25. The molecule has 1 aliphatic rings. The van der Waals surface area contributed by atoms with E-state index < -0.39 is 0 Å². The summed E-state index contributed by atoms with van der Waals surface area (Å²) in [6.07, 6.45) is 1.06. The summed E-state index contributed by atoms with van der Waals surface area (Å²) in [7, 11) is 0. The molecular weight excluding hydrogens is 232 g/mol. The van der Waals surface area contributed by atoms with Crippen LogP contribution >= 0.6 is 0 Å². The van der Waals surface area contributed by atoms with Gasteiger partial charge in [-0.1, -0.05) is 48.5 Å². The number of hydrogen-bond donors (Lipinski definition) is 1. The highest BCUT2D eigenvalue weighted by atomic mass is 16.3. The quantitative estimate of drug-likeness (QED) is 0.681. The van der Waals surface area contributed by atoms with Crippen molar-refractivity contribution in [3.8, 4) is 5.75 Å². The first-order valence-corrected chi connectivity index (χ1v) is 6.62. The highest BCUT2D eigenvalue weighted by molar-refractivity contribution is 5.92. The molecule has 3 aromatic carbocycles. The largest absolute Gasteiger partial charge is 0.508 e. The van der Waals surface area contributed by atoms with Crippen molar-refractivity contribution in [1.82, 2.24) is 0 Å². The smallest absolute Gasteiger partial charge is 0.115 e. The van der Waals surface area contributed by atoms with E-state index in [2.05, 4.69) is 36.4 Å². The molecule has 1 N–H and O–H groups in total. The summed E-state index contributed by atoms with van der Waals surface area (Å²) in [5.74, 6) is 0.749. The maximum Gasteiger partial charge on any atom is 0.115 e. The second kappa shape index (κ2) is 3.86. The van der Waals surface area contributed by atoms with E-state index in [0.29, 0.717) is 11.7 Å². The molecule has 0 radical (unpaired) electrons. The van der Waals surface area contributed by atoms with E-state index in [4.69, 9.17) is 0 Å². The van der Waals surface area contributed by atoms with Gasteiger partial charge in [-0.05, 0) is 46.0 Å². The molecule has 0 aliphatic heterocycles. The lowest BCUT2D eigenvalue weighted by Gasteiger charge is -2.12. The Morgan fingerprint density at radius 3 is 2.37 bits per heavy atom. The Morgan fingerprint density at radius 2 is 1.58 bits per heavy atom. The van der Waals surface area contributed by atoms with Crippen LogP contribution in [-0.2, 0) is 6.42 Å². The van der Waals surface area contributed by atoms with Crippen molar-refractivity contribution in [2.75, 3.05) is 0 Å². The monoisotopic (exact) mass is 246 g/mol. The van der Waals surface area contributed by atoms with Crippen molar-refractivity contribution in [3.63, 3.8) is 0 Å². The Kier molecular flexibility index (Phi) is 2.16. The van der Waals surface area contributed by atoms with Gasteiger partial charge < -0.3 is 5.11 Å². The lowest BCUT2D eigenvalue weighted by Crippen LogP contribution is -1.98. The molecule has 19 heavy (non-hydrogen) atoms. The fraction of sp³-hybridized carbons (Fsp3) is 0.111. The van der Waals surface area contributed by atoms with Gasteiger partial charge in [-0.2, -0.15) is 0 Å². The summed E-state index contributed by atoms with van der Waals surface area (Å²) in [5, 5.41) is 12.2. The number of aromatic hydroxyl groups is 1. The van der Waals surface area contributed by atoms with Crippen molar-refractivity contribution in [3.05, 3.63) is 77.4 Å². The van der Waals surface area contributed by atoms with Gasteiger partial charge in [0.05, 0.1) is 0 Å². The molecule has 1 atom stereocenters. The predicted molar refractivity (Wildman–Crippen MR) is 77.6 cm³/mol. The van der Waals surface area contributed by atoms with Crippen LogP contribution in [0.3, 0.4) is 0 Å². The first-order chi connectivity index (χ1) is 9.33. The van der Waals surface area contributed by atoms with Crippen LogP contribution in [0.5, 0.6) is 5.75 Å². The summed E-state index contributed by atoms with van der Waals surface area (Å²) in [5.41, 5.74) is 4.13. The number of phenolic OH excluding ortho intramolecular Hbond substituents is 1. The zero-order valence-electron chi connectivity index (χ0n) is 10.5. The van der Waals surface area contributed by atoms with Gasteiger partial charge in [-0.25, -0.2) is 0 Å². The standard InChI is InChI=1S/C18H14O/c19-15-9-7-12(8-10-15)17-11-14-5-1-3-13-4-2-6-16(17)18(13)14/h1-10,17,19H,11H2/t17-/m0/s1. The third-order valence-electron chi connectivity index (χ3n) is 4.12. The van der Waals surface area contributed by atoms with Crippen LogP contribution in [0.1, 0.15) is 22.6 Å². The van der Waals surface area contributed by atoms with Gasteiger partial charge in [0.2, 0.25) is 0 Å². The topological polar surface area (TPSA) is 20.2 Å². The molecule has 0 fully saturated rings. The van der Waals surface area contributed by atoms with Crippen LogP contribution in [0.25, 0.3) is 10.8 Å². The molecule has 1 heteroatoms. The van der Waals surface area contributed by atoms with E-state index in [1.54, 1.807) is 12.1 Å². The van der Waals surface area contributed by atoms with E-state index in [1.807, 2.05) is 12.1 Å². The van der Waals surface area contributed by atoms with Crippen molar-refractivity contribution in [2.24, 2.45) is 0 Å². The minimum absolute atomic E-state index is 0.331. The first-order valence-electron chi connectivity index (χ1n) is 6.62. The second-order valence-electron chi connectivity index (χ2n) is 5.21. The van der Waals surface area contributed by atoms with Crippen molar-refractivity contribution < 1.29 is 5.11 Å². The lowest BCUT2D eigenvalue weighted by atomic mass is 9.92. The van der Waals surface area contributed by atoms with Gasteiger partial charge in [-0.15, -0.1) is 0 Å². The Balaban J connectivity index is 1.92. The maximum atomic E-state index is 9.43. The normalized spacial score (nSPS) is 16.9. The summed E-state index contributed by atoms with van der Waals surface area (Å²) in [6, 6.07) is 20.7. The molecule has 0 heterocycles. The molecule has 3 aromatic rings. The van der Waals surface area contributed by atoms with Crippen molar-refractivity contribution in [1.29, 1.82) is 0 Å². The van der Waals surface area contributed by atoms with Crippen LogP contribution in [0, 0.1) is 0 Å². The second-order valence-corrected chi connectivity index (χ2v) is 5.21. The zero-order valence-corrected chi connectivity index (χ0v) is 10.5. The third kappa shape index (κ3) is 1.55. The minimum Gasteiger partial charge on any atom is -0.508 e. The molecule has 1 aliphatic carbocycles. The van der Waals surface area contributed by atoms with E-state index in [0.717, 1.165) is 6.42 Å². The summed E-state index contributed by atoms with van der Waals surface area (Å²) < 4.78 is 0. The molecule has 0 spiro atoms. The van der Waals surface area contributed by atoms with Crippen molar-refractivity contribution >= 4 is 10.8 Å². The molecule has 0 amide bonds. The van der Waals surface area contributed by atoms with Crippen LogP contribution in [0.15, 0.2) is 60.7 Å². The summed E-state index contributed by atoms with van der Waals surface area (Å²) in [4.78, 5) is 0. The number of hydrogen-bond acceptors (Lipinski definition) is 1. The fourth-order valence-electron chi connectivity index (χ4n) is 3.24. The van der Waals surface area contributed by atoms with Gasteiger partial charge in [0.15, 0.2) is 0 Å². The average Bonchev–Trinajstić information content (AvgIpc) is 2.82. The summed E-state index contributed by atoms with van der Waals surface area (Å²) >= 11 is 0. The molecule has 1 nitrogen and oxygen atoms in total. The average molecular weight is 246 g/mol. The van der Waals surface area contributed by atoms with E-state index in [1.165, 1.54) is 27.5 Å². The van der Waals surface area contributed by atoms with Gasteiger partial charge in [0, 0.05) is 5.92 Å². The molecule has 0 bridgehead atoms. The Labute approximate surface area is 112 Å². The van der Waals surface area contributed by atoms with Crippen LogP contribution in [0.2, 0.25) is 0 Å². The molecule has 0 saturated carbocycles. The maximum absolute atomic E-state index is 9.43. The lowest BCUT2D eigenvalue weighted by molar-refractivity contribution is 0.475. The minimum atomic E-state index is 0.331. The molecular formula is C18H14O. The van der Waals surface area contributed by atoms with Crippen molar-refractivity contribution in [2.45, 2.75) is 12.3 Å². The zero-order chi connectivity index (χ0) is 12.8.